The van der Waals surface area contributed by atoms with Gasteiger partial charge in [0.15, 0.2) is 5.54 Å². The molecule has 1 unspecified atom stereocenters. The largest absolute Gasteiger partial charge is 0.479 e. The van der Waals surface area contributed by atoms with Gasteiger partial charge in [-0.2, -0.15) is 0 Å². The zero-order valence-electron chi connectivity index (χ0n) is 9.58. The molecule has 0 bridgehead atoms. The first-order chi connectivity index (χ1) is 7.25. The van der Waals surface area contributed by atoms with E-state index in [4.69, 9.17) is 15.6 Å². The lowest BCUT2D eigenvalue weighted by molar-refractivity contribution is -0.147. The molecule has 0 saturated carbocycles. The van der Waals surface area contributed by atoms with Gasteiger partial charge in [-0.05, 0) is 13.8 Å². The van der Waals surface area contributed by atoms with Crippen LogP contribution in [0.2, 0.25) is 0 Å². The molecule has 0 aromatic carbocycles. The first-order valence-electron chi connectivity index (χ1n) is 5.16. The van der Waals surface area contributed by atoms with Crippen molar-refractivity contribution in [2.45, 2.75) is 37.8 Å². The molecule has 16 heavy (non-hydrogen) atoms. The van der Waals surface area contributed by atoms with E-state index in [1.165, 1.54) is 0 Å². The highest BCUT2D eigenvalue weighted by Gasteiger charge is 2.44. The number of carboxylic acids is 1. The normalized spacial score (nSPS) is 25.4. The fourth-order valence-electron chi connectivity index (χ4n) is 1.61. The van der Waals surface area contributed by atoms with Gasteiger partial charge < -0.3 is 20.9 Å². The van der Waals surface area contributed by atoms with Crippen LogP contribution in [0.5, 0.6) is 0 Å². The first kappa shape index (κ1) is 12.9. The van der Waals surface area contributed by atoms with E-state index in [0.29, 0.717) is 13.0 Å². The minimum absolute atomic E-state index is 0.0130. The molecule has 1 heterocycles. The highest BCUT2D eigenvalue weighted by atomic mass is 16.5. The van der Waals surface area contributed by atoms with Crippen molar-refractivity contribution in [2.24, 2.45) is 5.73 Å². The minimum atomic E-state index is -1.28. The number of nitrogens with one attached hydrogen (secondary N) is 1. The molecule has 1 aliphatic heterocycles. The lowest BCUT2D eigenvalue weighted by Gasteiger charge is -2.26. The quantitative estimate of drug-likeness (QED) is 0.603. The summed E-state index contributed by atoms with van der Waals surface area (Å²) >= 11 is 0. The van der Waals surface area contributed by atoms with Gasteiger partial charge in [0.05, 0.1) is 6.61 Å². The predicted molar refractivity (Wildman–Crippen MR) is 56.8 cm³/mol. The van der Waals surface area contributed by atoms with Crippen molar-refractivity contribution in [1.82, 2.24) is 5.32 Å². The van der Waals surface area contributed by atoms with Crippen LogP contribution in [0, 0.1) is 0 Å². The standard InChI is InChI=1S/C10H18N2O4/c1-9(2,11)5-7(13)12-10(8(14)15)3-4-16-6-10/h3-6,11H2,1-2H3,(H,12,13)(H,14,15). The lowest BCUT2D eigenvalue weighted by Crippen LogP contribution is -2.56. The Morgan fingerprint density at radius 1 is 1.56 bits per heavy atom. The summed E-state index contributed by atoms with van der Waals surface area (Å²) in [6.45, 7) is 3.79. The van der Waals surface area contributed by atoms with Crippen LogP contribution in [0.15, 0.2) is 0 Å². The number of amides is 1. The molecule has 0 aliphatic carbocycles. The van der Waals surface area contributed by atoms with Gasteiger partial charge in [-0.1, -0.05) is 0 Å². The number of carbonyl (C=O) groups excluding carboxylic acids is 1. The van der Waals surface area contributed by atoms with Gasteiger partial charge in [0.1, 0.15) is 0 Å². The van der Waals surface area contributed by atoms with Crippen molar-refractivity contribution < 1.29 is 19.4 Å². The number of rotatable bonds is 4. The summed E-state index contributed by atoms with van der Waals surface area (Å²) in [6.07, 6.45) is 0.376. The molecule has 1 rings (SSSR count). The van der Waals surface area contributed by atoms with Crippen molar-refractivity contribution in [3.8, 4) is 0 Å². The van der Waals surface area contributed by atoms with E-state index in [9.17, 15) is 9.59 Å². The Labute approximate surface area is 94.1 Å². The number of aliphatic carboxylic acids is 1. The molecule has 4 N–H and O–H groups in total. The Morgan fingerprint density at radius 3 is 2.56 bits per heavy atom. The summed E-state index contributed by atoms with van der Waals surface area (Å²) in [4.78, 5) is 22.7. The number of ether oxygens (including phenoxy) is 1. The second kappa shape index (κ2) is 4.39. The zero-order valence-corrected chi connectivity index (χ0v) is 9.58. The van der Waals surface area contributed by atoms with E-state index in [1.807, 2.05) is 0 Å². The van der Waals surface area contributed by atoms with Crippen LogP contribution < -0.4 is 11.1 Å². The summed E-state index contributed by atoms with van der Waals surface area (Å²) < 4.78 is 5.03. The number of carboxylic acid groups (broad SMARTS) is 1. The second-order valence-electron chi connectivity index (χ2n) is 4.90. The summed E-state index contributed by atoms with van der Waals surface area (Å²) in [7, 11) is 0. The van der Waals surface area contributed by atoms with E-state index in [-0.39, 0.29) is 18.9 Å². The molecule has 1 amide bonds. The molecule has 0 aromatic rings. The number of nitrogens with two attached hydrogens (primary N) is 1. The monoisotopic (exact) mass is 230 g/mol. The third kappa shape index (κ3) is 3.18. The summed E-state index contributed by atoms with van der Waals surface area (Å²) in [5.41, 5.74) is 3.77. The van der Waals surface area contributed by atoms with Gasteiger partial charge in [-0.25, -0.2) is 4.79 Å². The maximum atomic E-state index is 11.6. The van der Waals surface area contributed by atoms with Crippen molar-refractivity contribution in [3.05, 3.63) is 0 Å². The van der Waals surface area contributed by atoms with Gasteiger partial charge in [-0.3, -0.25) is 4.79 Å². The van der Waals surface area contributed by atoms with E-state index >= 15 is 0 Å². The van der Waals surface area contributed by atoms with E-state index < -0.39 is 17.0 Å². The predicted octanol–water partition coefficient (Wildman–Crippen LogP) is -0.526. The van der Waals surface area contributed by atoms with Crippen LogP contribution in [0.3, 0.4) is 0 Å². The van der Waals surface area contributed by atoms with Crippen LogP contribution in [0.4, 0.5) is 0 Å². The molecule has 1 saturated heterocycles. The molecular formula is C10H18N2O4. The Bertz CT molecular complexity index is 290. The van der Waals surface area contributed by atoms with Crippen molar-refractivity contribution in [2.75, 3.05) is 13.2 Å². The van der Waals surface area contributed by atoms with Crippen LogP contribution in [-0.4, -0.2) is 41.3 Å². The summed E-state index contributed by atoms with van der Waals surface area (Å²) in [6, 6.07) is 0. The maximum Gasteiger partial charge on any atom is 0.331 e. The number of carbonyl (C=O) groups is 2. The molecule has 6 heteroatoms. The van der Waals surface area contributed by atoms with Gasteiger partial charge in [0.25, 0.3) is 0 Å². The number of hydrogen-bond acceptors (Lipinski definition) is 4. The van der Waals surface area contributed by atoms with Crippen molar-refractivity contribution in [1.29, 1.82) is 0 Å². The van der Waals surface area contributed by atoms with E-state index in [1.54, 1.807) is 13.8 Å². The van der Waals surface area contributed by atoms with Crippen LogP contribution in [0.1, 0.15) is 26.7 Å². The number of hydrogen-bond donors (Lipinski definition) is 3. The Hall–Kier alpha value is -1.14. The average Bonchev–Trinajstić information content (AvgIpc) is 2.49. The SMILES string of the molecule is CC(C)(N)CC(=O)NC1(C(=O)O)CCOC1. The third-order valence-corrected chi connectivity index (χ3v) is 2.43. The maximum absolute atomic E-state index is 11.6. The molecule has 6 nitrogen and oxygen atoms in total. The van der Waals surface area contributed by atoms with Gasteiger partial charge in [-0.15, -0.1) is 0 Å². The lowest BCUT2D eigenvalue weighted by atomic mass is 9.96. The fraction of sp³-hybridized carbons (Fsp3) is 0.800. The molecule has 0 radical (unpaired) electrons. The Kier molecular flexibility index (Phi) is 3.54. The third-order valence-electron chi connectivity index (χ3n) is 2.43. The minimum Gasteiger partial charge on any atom is -0.479 e. The van der Waals surface area contributed by atoms with Gasteiger partial charge >= 0.3 is 5.97 Å². The molecular weight excluding hydrogens is 212 g/mol. The van der Waals surface area contributed by atoms with E-state index in [2.05, 4.69) is 5.32 Å². The zero-order chi connectivity index (χ0) is 12.4. The second-order valence-corrected chi connectivity index (χ2v) is 4.90. The smallest absolute Gasteiger partial charge is 0.331 e. The molecule has 1 fully saturated rings. The Morgan fingerprint density at radius 2 is 2.19 bits per heavy atom. The van der Waals surface area contributed by atoms with Crippen LogP contribution in [-0.2, 0) is 14.3 Å². The van der Waals surface area contributed by atoms with E-state index in [0.717, 1.165) is 0 Å². The highest BCUT2D eigenvalue weighted by molar-refractivity contribution is 5.87. The van der Waals surface area contributed by atoms with Gasteiger partial charge in [0, 0.05) is 25.0 Å². The summed E-state index contributed by atoms with van der Waals surface area (Å²) in [5.74, 6) is -1.42. The molecule has 1 aliphatic rings. The summed E-state index contributed by atoms with van der Waals surface area (Å²) in [5, 5.41) is 11.6. The molecule has 92 valence electrons. The van der Waals surface area contributed by atoms with Crippen molar-refractivity contribution in [3.63, 3.8) is 0 Å². The highest BCUT2D eigenvalue weighted by Crippen LogP contribution is 2.19. The average molecular weight is 230 g/mol. The first-order valence-corrected chi connectivity index (χ1v) is 5.16. The van der Waals surface area contributed by atoms with Gasteiger partial charge in [0.2, 0.25) is 5.91 Å². The molecule has 0 spiro atoms. The van der Waals surface area contributed by atoms with Crippen molar-refractivity contribution >= 4 is 11.9 Å². The van der Waals surface area contributed by atoms with Crippen LogP contribution in [0.25, 0.3) is 0 Å². The topological polar surface area (TPSA) is 102 Å². The van der Waals surface area contributed by atoms with Crippen LogP contribution >= 0.6 is 0 Å². The molecule has 0 aromatic heterocycles. The molecule has 1 atom stereocenters. The fourth-order valence-corrected chi connectivity index (χ4v) is 1.61. The Balaban J connectivity index is 2.63.